The molecule has 4 rings (SSSR count). The zero-order valence-corrected chi connectivity index (χ0v) is 20.6. The Hall–Kier alpha value is -4.79. The van der Waals surface area contributed by atoms with Crippen LogP contribution in [0.25, 0.3) is 5.32 Å². The molecule has 39 heavy (non-hydrogen) atoms. The number of anilines is 2. The van der Waals surface area contributed by atoms with Crippen molar-refractivity contribution in [2.45, 2.75) is 17.6 Å². The van der Waals surface area contributed by atoms with Crippen LogP contribution in [0.5, 0.6) is 0 Å². The lowest BCUT2D eigenvalue weighted by Crippen LogP contribution is -2.35. The summed E-state index contributed by atoms with van der Waals surface area (Å²) >= 11 is 0. The van der Waals surface area contributed by atoms with Gasteiger partial charge in [-0.2, -0.15) is 13.2 Å². The topological polar surface area (TPSA) is 149 Å². The van der Waals surface area contributed by atoms with Gasteiger partial charge >= 0.3 is 6.18 Å². The number of carbonyl (C=O) groups is 2. The lowest BCUT2D eigenvalue weighted by molar-refractivity contribution is -0.755. The predicted molar refractivity (Wildman–Crippen MR) is 131 cm³/mol. The van der Waals surface area contributed by atoms with Crippen LogP contribution >= 0.6 is 0 Å². The van der Waals surface area contributed by atoms with E-state index in [1.165, 1.54) is 35.1 Å². The van der Waals surface area contributed by atoms with Crippen LogP contribution in [0.2, 0.25) is 0 Å². The van der Waals surface area contributed by atoms with Gasteiger partial charge in [0.05, 0.1) is 10.5 Å². The van der Waals surface area contributed by atoms with Crippen LogP contribution in [0.15, 0.2) is 88.5 Å². The molecule has 0 saturated carbocycles. The van der Waals surface area contributed by atoms with Gasteiger partial charge in [-0.3, -0.25) is 14.6 Å². The number of nitrogens with zero attached hydrogens (tertiary/aromatic N) is 4. The molecule has 0 radical (unpaired) electrons. The van der Waals surface area contributed by atoms with E-state index in [-0.39, 0.29) is 28.7 Å². The molecule has 2 N–H and O–H groups in total. The number of carbonyl (C=O) groups excluding carboxylic acids is 2. The summed E-state index contributed by atoms with van der Waals surface area (Å²) in [6, 6.07) is 13.5. The number of aromatic nitrogens is 3. The van der Waals surface area contributed by atoms with E-state index >= 15 is 0 Å². The second-order valence-corrected chi connectivity index (χ2v) is 10.0. The molecular formula is C24H19F3N6O5S. The number of nitrogens with one attached hydrogen (secondary N) is 2. The molecule has 0 atom stereocenters. The number of rotatable bonds is 8. The van der Waals surface area contributed by atoms with Crippen molar-refractivity contribution in [2.24, 2.45) is 0 Å². The van der Waals surface area contributed by atoms with Crippen molar-refractivity contribution in [2.75, 3.05) is 16.4 Å². The lowest BCUT2D eigenvalue weighted by atomic mass is 10.1. The number of sulfone groups is 1. The van der Waals surface area contributed by atoms with Crippen LogP contribution in [0, 0.1) is 0 Å². The molecule has 2 aromatic carbocycles. The average Bonchev–Trinajstić information content (AvgIpc) is 3.30. The average molecular weight is 561 g/mol. The number of hydrogen-bond donors (Lipinski definition) is 2. The summed E-state index contributed by atoms with van der Waals surface area (Å²) in [6.07, 6.45) is -1.96. The summed E-state index contributed by atoms with van der Waals surface area (Å²) < 4.78 is 71.5. The van der Waals surface area contributed by atoms with Crippen molar-refractivity contribution in [3.05, 3.63) is 95.7 Å². The first-order valence-electron chi connectivity index (χ1n) is 11.1. The van der Waals surface area contributed by atoms with E-state index in [1.54, 1.807) is 30.5 Å². The third kappa shape index (κ3) is 7.61. The van der Waals surface area contributed by atoms with Crippen LogP contribution in [0.4, 0.5) is 35.2 Å². The Morgan fingerprint density at radius 2 is 1.67 bits per heavy atom. The zero-order chi connectivity index (χ0) is 28.0. The summed E-state index contributed by atoms with van der Waals surface area (Å²) in [5.74, 6) is -2.30. The minimum absolute atomic E-state index is 0.118. The minimum Gasteiger partial charge on any atom is -0.424 e. The molecule has 0 saturated heterocycles. The van der Waals surface area contributed by atoms with Crippen molar-refractivity contribution >= 4 is 39.0 Å². The monoisotopic (exact) mass is 560 g/mol. The first-order chi connectivity index (χ1) is 18.5. The molecule has 0 aliphatic carbocycles. The smallest absolute Gasteiger partial charge is 0.416 e. The van der Waals surface area contributed by atoms with Crippen molar-refractivity contribution in [1.82, 2.24) is 10.3 Å². The fraction of sp³-hybridized carbons (Fsp3) is 0.125. The Bertz CT molecular complexity index is 1580. The van der Waals surface area contributed by atoms with Gasteiger partial charge in [-0.1, -0.05) is 24.3 Å². The van der Waals surface area contributed by atoms with E-state index in [1.807, 2.05) is 0 Å². The van der Waals surface area contributed by atoms with Crippen molar-refractivity contribution < 1.29 is 40.4 Å². The van der Waals surface area contributed by atoms with E-state index in [0.29, 0.717) is 17.8 Å². The van der Waals surface area contributed by atoms with Crippen LogP contribution in [-0.2, 0) is 27.4 Å². The molecule has 2 heterocycles. The Kier molecular flexibility index (Phi) is 7.90. The highest BCUT2D eigenvalue weighted by molar-refractivity contribution is 7.92. The molecule has 0 bridgehead atoms. The van der Waals surface area contributed by atoms with E-state index in [4.69, 9.17) is 4.52 Å². The lowest BCUT2D eigenvalue weighted by Gasteiger charge is -2.18. The minimum atomic E-state index is -4.84. The molecular weight excluding hydrogens is 541 g/mol. The van der Waals surface area contributed by atoms with Gasteiger partial charge < -0.3 is 20.5 Å². The van der Waals surface area contributed by atoms with Crippen molar-refractivity contribution in [3.8, 4) is 0 Å². The summed E-state index contributed by atoms with van der Waals surface area (Å²) in [5, 5.41) is 11.6. The number of urea groups is 1. The van der Waals surface area contributed by atoms with Gasteiger partial charge in [-0.15, -0.1) is 0 Å². The number of halogens is 3. The molecule has 0 fully saturated rings. The molecule has 0 aliphatic heterocycles. The third-order valence-corrected chi connectivity index (χ3v) is 6.61. The molecule has 2 aromatic heterocycles. The molecule has 11 nitrogen and oxygen atoms in total. The van der Waals surface area contributed by atoms with E-state index in [0.717, 1.165) is 6.07 Å². The Morgan fingerprint density at radius 1 is 0.974 bits per heavy atom. The maximum Gasteiger partial charge on any atom is 0.416 e. The maximum absolute atomic E-state index is 13.5. The number of amides is 3. The normalized spacial score (nSPS) is 11.6. The van der Waals surface area contributed by atoms with E-state index in [2.05, 4.69) is 26.2 Å². The third-order valence-electron chi connectivity index (χ3n) is 4.98. The Balaban J connectivity index is 1.45. The maximum atomic E-state index is 13.5. The molecule has 202 valence electrons. The molecule has 15 heteroatoms. The summed E-state index contributed by atoms with van der Waals surface area (Å²) in [4.78, 5) is 28.7. The number of pyridine rings is 1. The van der Waals surface area contributed by atoms with E-state index < -0.39 is 39.3 Å². The SMILES string of the molecule is O=C(CS(=O)(=O)c1ccccc1)Nc1cc(NC(=O)[N-]c2c[n+](Cc3ccccn3)no2)cc(C(F)(F)F)c1. The zero-order valence-electron chi connectivity index (χ0n) is 19.8. The van der Waals surface area contributed by atoms with Gasteiger partial charge in [0.2, 0.25) is 24.5 Å². The largest absolute Gasteiger partial charge is 0.424 e. The number of alkyl halides is 3. The quantitative estimate of drug-likeness (QED) is 0.309. The fourth-order valence-electron chi connectivity index (χ4n) is 3.32. The number of benzene rings is 2. The van der Waals surface area contributed by atoms with Gasteiger partial charge in [0.1, 0.15) is 11.4 Å². The van der Waals surface area contributed by atoms with Crippen LogP contribution in [0.1, 0.15) is 11.3 Å². The molecule has 0 aliphatic rings. The summed E-state index contributed by atoms with van der Waals surface area (Å²) in [6.45, 7) is 0.220. The van der Waals surface area contributed by atoms with Crippen LogP contribution in [0.3, 0.4) is 0 Å². The van der Waals surface area contributed by atoms with Crippen LogP contribution < -0.4 is 15.3 Å². The van der Waals surface area contributed by atoms with Crippen molar-refractivity contribution in [3.63, 3.8) is 0 Å². The van der Waals surface area contributed by atoms with Gasteiger partial charge in [0, 0.05) is 11.9 Å². The highest BCUT2D eigenvalue weighted by Gasteiger charge is 2.31. The standard InChI is InChI=1S/C24H19F3N6O5S/c25-24(26,27)16-10-18(29-21(34)15-39(36,37)20-7-2-1-3-8-20)12-19(11-16)30-23(35)31-22-14-33(32-38-22)13-17-6-4-5-9-28-17/h1-12,14H,13,15H2,(H2-,29,30,31,32,34,35). The molecule has 3 amide bonds. The highest BCUT2D eigenvalue weighted by Crippen LogP contribution is 2.34. The van der Waals surface area contributed by atoms with Crippen LogP contribution in [-0.4, -0.2) is 36.4 Å². The summed E-state index contributed by atoms with van der Waals surface area (Å²) in [5.41, 5.74) is -1.29. The number of hydrogen-bond acceptors (Lipinski definition) is 7. The predicted octanol–water partition coefficient (Wildman–Crippen LogP) is 4.07. The second-order valence-electron chi connectivity index (χ2n) is 8.02. The summed E-state index contributed by atoms with van der Waals surface area (Å²) in [7, 11) is -4.04. The van der Waals surface area contributed by atoms with Gasteiger partial charge in [-0.05, 0) is 52.8 Å². The second kappa shape index (κ2) is 11.3. The Morgan fingerprint density at radius 3 is 2.33 bits per heavy atom. The first kappa shape index (κ1) is 27.3. The fourth-order valence-corrected chi connectivity index (χ4v) is 4.47. The van der Waals surface area contributed by atoms with Crippen molar-refractivity contribution in [1.29, 1.82) is 0 Å². The molecule has 4 aromatic rings. The highest BCUT2D eigenvalue weighted by atomic mass is 32.2. The Labute approximate surface area is 219 Å². The first-order valence-corrected chi connectivity index (χ1v) is 12.7. The van der Waals surface area contributed by atoms with E-state index in [9.17, 15) is 31.2 Å². The van der Waals surface area contributed by atoms with Gasteiger partial charge in [0.25, 0.3) is 0 Å². The molecule has 0 unspecified atom stereocenters. The van der Waals surface area contributed by atoms with Gasteiger partial charge in [-0.25, -0.2) is 8.42 Å². The van der Waals surface area contributed by atoms with Gasteiger partial charge in [0.15, 0.2) is 21.1 Å². The molecule has 0 spiro atoms.